The molecule has 0 aliphatic rings. The SMILES string of the molecule is CCOCCOc1cc(C)ccc1CNC(=NC)NCc1ccnc(N(C)C)c1. The van der Waals surface area contributed by atoms with E-state index < -0.39 is 0 Å². The molecule has 0 radical (unpaired) electrons. The zero-order valence-electron chi connectivity index (χ0n) is 18.2. The van der Waals surface area contributed by atoms with Crippen LogP contribution in [0, 0.1) is 6.92 Å². The van der Waals surface area contributed by atoms with E-state index in [0.717, 1.165) is 34.2 Å². The summed E-state index contributed by atoms with van der Waals surface area (Å²) in [6, 6.07) is 10.3. The molecule has 29 heavy (non-hydrogen) atoms. The molecular formula is C22H33N5O2. The fraction of sp³-hybridized carbons (Fsp3) is 0.455. The summed E-state index contributed by atoms with van der Waals surface area (Å²) in [4.78, 5) is 10.6. The molecular weight excluding hydrogens is 366 g/mol. The third kappa shape index (κ3) is 7.62. The van der Waals surface area contributed by atoms with E-state index >= 15 is 0 Å². The fourth-order valence-electron chi connectivity index (χ4n) is 2.70. The summed E-state index contributed by atoms with van der Waals surface area (Å²) in [5.41, 5.74) is 3.38. The lowest BCUT2D eigenvalue weighted by Gasteiger charge is -2.16. The first-order valence-electron chi connectivity index (χ1n) is 9.90. The van der Waals surface area contributed by atoms with Crippen LogP contribution in [0.15, 0.2) is 41.5 Å². The van der Waals surface area contributed by atoms with E-state index in [-0.39, 0.29) is 0 Å². The fourth-order valence-corrected chi connectivity index (χ4v) is 2.70. The van der Waals surface area contributed by atoms with Crippen LogP contribution >= 0.6 is 0 Å². The van der Waals surface area contributed by atoms with Gasteiger partial charge in [0.15, 0.2) is 5.96 Å². The van der Waals surface area contributed by atoms with Crippen molar-refractivity contribution >= 4 is 11.8 Å². The van der Waals surface area contributed by atoms with Gasteiger partial charge >= 0.3 is 0 Å². The second-order valence-electron chi connectivity index (χ2n) is 6.85. The Balaban J connectivity index is 1.92. The van der Waals surface area contributed by atoms with Crippen LogP contribution in [-0.2, 0) is 17.8 Å². The van der Waals surface area contributed by atoms with Gasteiger partial charge in [0, 0.05) is 52.6 Å². The molecule has 7 heteroatoms. The number of benzene rings is 1. The largest absolute Gasteiger partial charge is 0.491 e. The molecule has 0 amide bonds. The van der Waals surface area contributed by atoms with Crippen molar-refractivity contribution in [3.63, 3.8) is 0 Å². The van der Waals surface area contributed by atoms with E-state index in [9.17, 15) is 0 Å². The summed E-state index contributed by atoms with van der Waals surface area (Å²) in [5.74, 6) is 2.53. The maximum atomic E-state index is 5.91. The number of hydrogen-bond acceptors (Lipinski definition) is 5. The molecule has 158 valence electrons. The van der Waals surface area contributed by atoms with Gasteiger partial charge in [0.25, 0.3) is 0 Å². The van der Waals surface area contributed by atoms with E-state index in [1.807, 2.05) is 38.2 Å². The Labute approximate surface area is 174 Å². The number of aryl methyl sites for hydroxylation is 1. The summed E-state index contributed by atoms with van der Waals surface area (Å²) in [6.45, 7) is 7.13. The van der Waals surface area contributed by atoms with E-state index in [1.165, 1.54) is 0 Å². The molecule has 0 unspecified atom stereocenters. The van der Waals surface area contributed by atoms with Crippen molar-refractivity contribution in [3.05, 3.63) is 53.2 Å². The van der Waals surface area contributed by atoms with Crippen LogP contribution in [0.2, 0.25) is 0 Å². The molecule has 0 bridgehead atoms. The second kappa shape index (κ2) is 11.9. The van der Waals surface area contributed by atoms with Crippen molar-refractivity contribution < 1.29 is 9.47 Å². The molecule has 0 atom stereocenters. The molecule has 1 aromatic heterocycles. The molecule has 0 aliphatic carbocycles. The predicted octanol–water partition coefficient (Wildman–Crippen LogP) is 2.74. The Bertz CT molecular complexity index is 793. The standard InChI is InChI=1S/C22H33N5O2/c1-6-28-11-12-29-20-13-17(2)7-8-19(20)16-26-22(23-3)25-15-18-9-10-24-21(14-18)27(4)5/h7-10,13-14H,6,11-12,15-16H2,1-5H3,(H2,23,25,26). The highest BCUT2D eigenvalue weighted by atomic mass is 16.5. The quantitative estimate of drug-likeness (QED) is 0.364. The van der Waals surface area contributed by atoms with Gasteiger partial charge in [-0.3, -0.25) is 4.99 Å². The highest BCUT2D eigenvalue weighted by Gasteiger charge is 2.07. The van der Waals surface area contributed by atoms with Gasteiger partial charge in [-0.25, -0.2) is 4.98 Å². The Kier molecular flexibility index (Phi) is 9.24. The monoisotopic (exact) mass is 399 g/mol. The first-order valence-corrected chi connectivity index (χ1v) is 9.90. The number of anilines is 1. The van der Waals surface area contributed by atoms with Crippen LogP contribution in [0.25, 0.3) is 0 Å². The molecule has 2 N–H and O–H groups in total. The van der Waals surface area contributed by atoms with Crippen LogP contribution in [0.4, 0.5) is 5.82 Å². The van der Waals surface area contributed by atoms with Gasteiger partial charge in [-0.15, -0.1) is 0 Å². The predicted molar refractivity (Wildman–Crippen MR) is 119 cm³/mol. The molecule has 0 saturated carbocycles. The third-order valence-corrected chi connectivity index (χ3v) is 4.31. The molecule has 0 spiro atoms. The Morgan fingerprint density at radius 3 is 2.62 bits per heavy atom. The summed E-state index contributed by atoms with van der Waals surface area (Å²) in [5, 5.41) is 6.70. The minimum absolute atomic E-state index is 0.535. The number of hydrogen-bond donors (Lipinski definition) is 2. The molecule has 1 aromatic carbocycles. The number of guanidine groups is 1. The zero-order valence-corrected chi connectivity index (χ0v) is 18.2. The van der Waals surface area contributed by atoms with E-state index in [4.69, 9.17) is 9.47 Å². The molecule has 7 nitrogen and oxygen atoms in total. The Morgan fingerprint density at radius 2 is 1.90 bits per heavy atom. The van der Waals surface area contributed by atoms with Gasteiger partial charge in [-0.1, -0.05) is 12.1 Å². The average Bonchev–Trinajstić information content (AvgIpc) is 2.72. The highest BCUT2D eigenvalue weighted by molar-refractivity contribution is 5.79. The number of aliphatic imine (C=N–C) groups is 1. The molecule has 1 heterocycles. The molecule has 0 fully saturated rings. The highest BCUT2D eigenvalue weighted by Crippen LogP contribution is 2.20. The maximum absolute atomic E-state index is 5.91. The number of rotatable bonds is 10. The first kappa shape index (κ1) is 22.5. The number of ether oxygens (including phenoxy) is 2. The summed E-state index contributed by atoms with van der Waals surface area (Å²) in [7, 11) is 5.73. The van der Waals surface area contributed by atoms with Gasteiger partial charge < -0.3 is 25.0 Å². The Hall–Kier alpha value is -2.80. The maximum Gasteiger partial charge on any atom is 0.191 e. The minimum atomic E-state index is 0.535. The lowest BCUT2D eigenvalue weighted by atomic mass is 10.1. The van der Waals surface area contributed by atoms with Crippen molar-refractivity contribution in [3.8, 4) is 5.75 Å². The molecule has 0 saturated heterocycles. The summed E-state index contributed by atoms with van der Waals surface area (Å²) < 4.78 is 11.3. The number of nitrogens with zero attached hydrogens (tertiary/aromatic N) is 3. The van der Waals surface area contributed by atoms with E-state index in [0.29, 0.717) is 32.9 Å². The smallest absolute Gasteiger partial charge is 0.191 e. The van der Waals surface area contributed by atoms with Crippen molar-refractivity contribution in [2.24, 2.45) is 4.99 Å². The van der Waals surface area contributed by atoms with Crippen LogP contribution in [0.3, 0.4) is 0 Å². The average molecular weight is 400 g/mol. The van der Waals surface area contributed by atoms with E-state index in [2.05, 4.69) is 51.8 Å². The van der Waals surface area contributed by atoms with Crippen LogP contribution in [0.1, 0.15) is 23.6 Å². The second-order valence-corrected chi connectivity index (χ2v) is 6.85. The first-order chi connectivity index (χ1) is 14.0. The van der Waals surface area contributed by atoms with Crippen molar-refractivity contribution in [2.45, 2.75) is 26.9 Å². The molecule has 2 aromatic rings. The summed E-state index contributed by atoms with van der Waals surface area (Å²) >= 11 is 0. The number of aromatic nitrogens is 1. The van der Waals surface area contributed by atoms with Crippen LogP contribution in [-0.4, -0.2) is 51.9 Å². The normalized spacial score (nSPS) is 11.3. The lowest BCUT2D eigenvalue weighted by molar-refractivity contribution is 0.110. The van der Waals surface area contributed by atoms with Gasteiger partial charge in [0.1, 0.15) is 18.2 Å². The van der Waals surface area contributed by atoms with Gasteiger partial charge in [0.05, 0.1) is 6.61 Å². The Morgan fingerprint density at radius 1 is 1.10 bits per heavy atom. The third-order valence-electron chi connectivity index (χ3n) is 4.31. The van der Waals surface area contributed by atoms with Gasteiger partial charge in [-0.05, 0) is 43.2 Å². The van der Waals surface area contributed by atoms with Crippen molar-refractivity contribution in [1.82, 2.24) is 15.6 Å². The van der Waals surface area contributed by atoms with Crippen LogP contribution in [0.5, 0.6) is 5.75 Å². The lowest BCUT2D eigenvalue weighted by Crippen LogP contribution is -2.36. The van der Waals surface area contributed by atoms with Crippen molar-refractivity contribution in [1.29, 1.82) is 0 Å². The van der Waals surface area contributed by atoms with Crippen LogP contribution < -0.4 is 20.3 Å². The topological polar surface area (TPSA) is 71.0 Å². The number of pyridine rings is 1. The van der Waals surface area contributed by atoms with Gasteiger partial charge in [-0.2, -0.15) is 0 Å². The van der Waals surface area contributed by atoms with Gasteiger partial charge in [0.2, 0.25) is 0 Å². The molecule has 2 rings (SSSR count). The number of nitrogens with one attached hydrogen (secondary N) is 2. The van der Waals surface area contributed by atoms with Crippen molar-refractivity contribution in [2.75, 3.05) is 45.9 Å². The minimum Gasteiger partial charge on any atom is -0.491 e. The van der Waals surface area contributed by atoms with E-state index in [1.54, 1.807) is 7.05 Å². The molecule has 0 aliphatic heterocycles. The zero-order chi connectivity index (χ0) is 21.1. The summed E-state index contributed by atoms with van der Waals surface area (Å²) in [6.07, 6.45) is 1.82.